The number of anilines is 1. The van der Waals surface area contributed by atoms with Crippen LogP contribution in [0.3, 0.4) is 0 Å². The molecule has 0 radical (unpaired) electrons. The van der Waals surface area contributed by atoms with Gasteiger partial charge in [-0.05, 0) is 37.1 Å². The topological polar surface area (TPSA) is 89.9 Å². The summed E-state index contributed by atoms with van der Waals surface area (Å²) >= 11 is 3.38. The van der Waals surface area contributed by atoms with Crippen LogP contribution in [-0.2, 0) is 4.79 Å². The van der Waals surface area contributed by atoms with Crippen LogP contribution < -0.4 is 5.32 Å². The van der Waals surface area contributed by atoms with Crippen LogP contribution in [0.5, 0.6) is 0 Å². The van der Waals surface area contributed by atoms with Crippen LogP contribution in [0.4, 0.5) is 10.5 Å². The van der Waals surface area contributed by atoms with Crippen LogP contribution in [0, 0.1) is 13.8 Å². The summed E-state index contributed by atoms with van der Waals surface area (Å²) in [6.45, 7) is 3.75. The van der Waals surface area contributed by atoms with E-state index in [1.54, 1.807) is 0 Å². The lowest BCUT2D eigenvalue weighted by molar-refractivity contribution is -0.141. The fourth-order valence-electron chi connectivity index (χ4n) is 2.56. The Hall–Kier alpha value is -1.60. The average Bonchev–Trinajstić information content (AvgIpc) is 2.76. The molecule has 1 fully saturated rings. The quantitative estimate of drug-likeness (QED) is 0.756. The highest BCUT2D eigenvalue weighted by molar-refractivity contribution is 9.10. The molecule has 0 saturated carbocycles. The molecule has 0 bridgehead atoms. The fourth-order valence-corrected chi connectivity index (χ4v) is 3.25. The van der Waals surface area contributed by atoms with Gasteiger partial charge in [-0.2, -0.15) is 0 Å². The highest BCUT2D eigenvalue weighted by Gasteiger charge is 2.39. The van der Waals surface area contributed by atoms with Crippen molar-refractivity contribution in [3.63, 3.8) is 0 Å². The molecule has 3 N–H and O–H groups in total. The van der Waals surface area contributed by atoms with Gasteiger partial charge in [-0.15, -0.1) is 0 Å². The number of nitrogens with one attached hydrogen (secondary N) is 1. The van der Waals surface area contributed by atoms with E-state index in [2.05, 4.69) is 21.2 Å². The van der Waals surface area contributed by atoms with Crippen LogP contribution in [0.15, 0.2) is 16.6 Å². The standard InChI is InChI=1S/C14H17BrN2O4/c1-7-3-9(15)4-8(2)12(7)16-14(21)17-6-10(18)5-11(17)13(19)20/h3-4,10-11,18H,5-6H2,1-2H3,(H,16,21)(H,19,20)/t10-,11-/m1/s1. The zero-order valence-corrected chi connectivity index (χ0v) is 13.3. The number of halogens is 1. The van der Waals surface area contributed by atoms with Gasteiger partial charge in [0, 0.05) is 23.1 Å². The molecule has 2 rings (SSSR count). The summed E-state index contributed by atoms with van der Waals surface area (Å²) < 4.78 is 0.913. The third-order valence-corrected chi connectivity index (χ3v) is 4.01. The largest absolute Gasteiger partial charge is 0.480 e. The Morgan fingerprint density at radius 3 is 2.43 bits per heavy atom. The van der Waals surface area contributed by atoms with Gasteiger partial charge in [0.1, 0.15) is 6.04 Å². The van der Waals surface area contributed by atoms with E-state index in [9.17, 15) is 14.7 Å². The average molecular weight is 357 g/mol. The third-order valence-electron chi connectivity index (χ3n) is 3.55. The van der Waals surface area contributed by atoms with E-state index in [1.165, 1.54) is 0 Å². The molecule has 1 aliphatic rings. The summed E-state index contributed by atoms with van der Waals surface area (Å²) in [5, 5.41) is 21.5. The highest BCUT2D eigenvalue weighted by atomic mass is 79.9. The van der Waals surface area contributed by atoms with Gasteiger partial charge >= 0.3 is 12.0 Å². The van der Waals surface area contributed by atoms with E-state index >= 15 is 0 Å². The number of hydrogen-bond donors (Lipinski definition) is 3. The molecule has 1 aliphatic heterocycles. The molecule has 0 unspecified atom stereocenters. The maximum atomic E-state index is 12.3. The number of carboxylic acid groups (broad SMARTS) is 1. The van der Waals surface area contributed by atoms with E-state index in [0.717, 1.165) is 20.5 Å². The molecule has 1 heterocycles. The summed E-state index contributed by atoms with van der Waals surface area (Å²) in [6, 6.07) is 2.25. The smallest absolute Gasteiger partial charge is 0.326 e. The molecule has 7 heteroatoms. The number of aryl methyl sites for hydroxylation is 2. The fraction of sp³-hybridized carbons (Fsp3) is 0.429. The first-order valence-electron chi connectivity index (χ1n) is 6.55. The molecule has 1 aromatic carbocycles. The van der Waals surface area contributed by atoms with E-state index in [-0.39, 0.29) is 13.0 Å². The summed E-state index contributed by atoms with van der Waals surface area (Å²) in [7, 11) is 0. The van der Waals surface area contributed by atoms with Gasteiger partial charge in [-0.25, -0.2) is 9.59 Å². The van der Waals surface area contributed by atoms with Crippen LogP contribution in [0.2, 0.25) is 0 Å². The number of benzene rings is 1. The molecule has 21 heavy (non-hydrogen) atoms. The van der Waals surface area contributed by atoms with Crippen molar-refractivity contribution in [2.45, 2.75) is 32.4 Å². The van der Waals surface area contributed by atoms with Gasteiger partial charge in [-0.1, -0.05) is 15.9 Å². The molecule has 0 aromatic heterocycles. The predicted molar refractivity (Wildman–Crippen MR) is 81.4 cm³/mol. The number of aliphatic hydroxyl groups excluding tert-OH is 1. The number of β-amino-alcohol motifs (C(OH)–C–C–N with tert-alkyl or cyclic N) is 1. The Labute approximate surface area is 130 Å². The Balaban J connectivity index is 2.20. The molecular formula is C14H17BrN2O4. The van der Waals surface area contributed by atoms with Gasteiger partial charge in [0.15, 0.2) is 0 Å². The number of carbonyl (C=O) groups excluding carboxylic acids is 1. The van der Waals surface area contributed by atoms with Gasteiger partial charge in [0.25, 0.3) is 0 Å². The molecule has 2 amide bonds. The Bertz CT molecular complexity index is 567. The maximum Gasteiger partial charge on any atom is 0.326 e. The lowest BCUT2D eigenvalue weighted by Gasteiger charge is -2.23. The number of aliphatic carboxylic acids is 1. The number of amides is 2. The highest BCUT2D eigenvalue weighted by Crippen LogP contribution is 2.26. The maximum absolute atomic E-state index is 12.3. The number of carbonyl (C=O) groups is 2. The molecule has 114 valence electrons. The predicted octanol–water partition coefficient (Wildman–Crippen LogP) is 2.12. The minimum Gasteiger partial charge on any atom is -0.480 e. The number of aliphatic hydroxyl groups is 1. The Kier molecular flexibility index (Phi) is 4.53. The van der Waals surface area contributed by atoms with Gasteiger partial charge < -0.3 is 20.4 Å². The van der Waals surface area contributed by atoms with Gasteiger partial charge in [0.2, 0.25) is 0 Å². The van der Waals surface area contributed by atoms with E-state index in [1.807, 2.05) is 26.0 Å². The van der Waals surface area contributed by atoms with Crippen LogP contribution in [0.1, 0.15) is 17.5 Å². The van der Waals surface area contributed by atoms with Crippen molar-refractivity contribution in [3.05, 3.63) is 27.7 Å². The molecule has 0 spiro atoms. The first-order chi connectivity index (χ1) is 9.79. The molecule has 2 atom stereocenters. The summed E-state index contributed by atoms with van der Waals surface area (Å²) in [4.78, 5) is 24.6. The number of urea groups is 1. The van der Waals surface area contributed by atoms with E-state index in [0.29, 0.717) is 5.69 Å². The first-order valence-corrected chi connectivity index (χ1v) is 7.34. The minimum absolute atomic E-state index is 0.0252. The summed E-state index contributed by atoms with van der Waals surface area (Å²) in [5.74, 6) is -1.11. The van der Waals surface area contributed by atoms with Crippen LogP contribution in [-0.4, -0.2) is 45.8 Å². The molecule has 0 aliphatic carbocycles. The second-order valence-corrected chi connectivity index (χ2v) is 6.16. The minimum atomic E-state index is -1.11. The van der Waals surface area contributed by atoms with Crippen molar-refractivity contribution < 1.29 is 19.8 Å². The number of nitrogens with zero attached hydrogens (tertiary/aromatic N) is 1. The zero-order valence-electron chi connectivity index (χ0n) is 11.8. The normalized spacial score (nSPS) is 21.4. The molecule has 1 saturated heterocycles. The van der Waals surface area contributed by atoms with Crippen molar-refractivity contribution in [3.8, 4) is 0 Å². The second kappa shape index (κ2) is 6.03. The van der Waals surface area contributed by atoms with Crippen molar-refractivity contribution in [2.24, 2.45) is 0 Å². The SMILES string of the molecule is Cc1cc(Br)cc(C)c1NC(=O)N1C[C@H](O)C[C@@H]1C(=O)O. The first kappa shape index (κ1) is 15.8. The molecule has 6 nitrogen and oxygen atoms in total. The monoisotopic (exact) mass is 356 g/mol. The lowest BCUT2D eigenvalue weighted by atomic mass is 10.1. The Morgan fingerprint density at radius 2 is 1.90 bits per heavy atom. The Morgan fingerprint density at radius 1 is 1.33 bits per heavy atom. The zero-order chi connectivity index (χ0) is 15.7. The second-order valence-electron chi connectivity index (χ2n) is 5.24. The van der Waals surface area contributed by atoms with Crippen molar-refractivity contribution in [2.75, 3.05) is 11.9 Å². The summed E-state index contributed by atoms with van der Waals surface area (Å²) in [5.41, 5.74) is 2.41. The molecular weight excluding hydrogens is 340 g/mol. The van der Waals surface area contributed by atoms with Gasteiger partial charge in [-0.3, -0.25) is 0 Å². The van der Waals surface area contributed by atoms with Crippen molar-refractivity contribution in [1.29, 1.82) is 0 Å². The number of hydrogen-bond acceptors (Lipinski definition) is 3. The number of likely N-dealkylation sites (tertiary alicyclic amines) is 1. The van der Waals surface area contributed by atoms with Crippen molar-refractivity contribution >= 4 is 33.6 Å². The summed E-state index contributed by atoms with van der Waals surface area (Å²) in [6.07, 6.45) is -0.745. The lowest BCUT2D eigenvalue weighted by Crippen LogP contribution is -2.43. The molecule has 1 aromatic rings. The van der Waals surface area contributed by atoms with E-state index < -0.39 is 24.1 Å². The number of rotatable bonds is 2. The van der Waals surface area contributed by atoms with E-state index in [4.69, 9.17) is 5.11 Å². The third kappa shape index (κ3) is 3.36. The number of carboxylic acids is 1. The van der Waals surface area contributed by atoms with Gasteiger partial charge in [0.05, 0.1) is 6.10 Å². The van der Waals surface area contributed by atoms with Crippen LogP contribution in [0.25, 0.3) is 0 Å². The van der Waals surface area contributed by atoms with Crippen molar-refractivity contribution in [1.82, 2.24) is 4.90 Å². The van der Waals surface area contributed by atoms with Crippen LogP contribution >= 0.6 is 15.9 Å².